The number of aryl methyl sites for hydroxylation is 3. The summed E-state index contributed by atoms with van der Waals surface area (Å²) >= 11 is 0. The van der Waals surface area contributed by atoms with E-state index in [4.69, 9.17) is 5.14 Å². The van der Waals surface area contributed by atoms with E-state index < -0.39 is 32.2 Å². The van der Waals surface area contributed by atoms with Gasteiger partial charge in [-0.05, 0) is 67.2 Å². The molecule has 1 aromatic carbocycles. The highest BCUT2D eigenvalue weighted by molar-refractivity contribution is 7.89. The van der Waals surface area contributed by atoms with Gasteiger partial charge in [-0.15, -0.1) is 0 Å². The maximum Gasteiger partial charge on any atom is 0.339 e. The van der Waals surface area contributed by atoms with Crippen LogP contribution < -0.4 is 21.7 Å². The van der Waals surface area contributed by atoms with Gasteiger partial charge in [0, 0.05) is 18.4 Å². The second kappa shape index (κ2) is 9.26. The number of carbonyl (C=O) groups excluding carboxylic acids is 1. The number of primary sulfonamides is 1. The molecule has 2 aromatic rings. The molecule has 1 aromatic heterocycles. The number of unbranched alkanes of at least 4 members (excludes halogenated alkanes) is 3. The first-order valence-electron chi connectivity index (χ1n) is 11.6. The highest BCUT2D eigenvalue weighted by Gasteiger charge is 2.28. The molecule has 0 bridgehead atoms. The molecule has 2 aliphatic carbocycles. The van der Waals surface area contributed by atoms with Gasteiger partial charge >= 0.3 is 11.7 Å². The number of amides is 1. The quantitative estimate of drug-likeness (QED) is 0.594. The number of nitrogens with zero attached hydrogens (tertiary/aromatic N) is 2. The predicted molar refractivity (Wildman–Crippen MR) is 125 cm³/mol. The van der Waals surface area contributed by atoms with Crippen molar-refractivity contribution in [2.24, 2.45) is 5.14 Å². The summed E-state index contributed by atoms with van der Waals surface area (Å²) in [6.07, 6.45) is 9.78. The Balaban J connectivity index is 1.77. The SMILES string of the molecule is CCCCCCn1cc(S(N)(=O)=O)c(=O)n(C(=O)Nc2c3c(cc4c2CCC4)CCC3)c1=O. The molecule has 0 spiro atoms. The second-order valence-electron chi connectivity index (χ2n) is 8.88. The topological polar surface area (TPSA) is 133 Å². The van der Waals surface area contributed by atoms with Crippen LogP contribution in [-0.2, 0) is 42.3 Å². The van der Waals surface area contributed by atoms with Crippen LogP contribution in [0.4, 0.5) is 10.5 Å². The summed E-state index contributed by atoms with van der Waals surface area (Å²) in [5.74, 6) is 0. The van der Waals surface area contributed by atoms with E-state index in [-0.39, 0.29) is 6.54 Å². The van der Waals surface area contributed by atoms with Gasteiger partial charge in [-0.25, -0.2) is 23.1 Å². The molecule has 0 atom stereocenters. The van der Waals surface area contributed by atoms with Gasteiger partial charge in [-0.2, -0.15) is 4.57 Å². The highest BCUT2D eigenvalue weighted by atomic mass is 32.2. The number of anilines is 1. The van der Waals surface area contributed by atoms with Gasteiger partial charge in [-0.1, -0.05) is 32.3 Å². The van der Waals surface area contributed by atoms with Gasteiger partial charge < -0.3 is 5.32 Å². The van der Waals surface area contributed by atoms with E-state index in [1.165, 1.54) is 11.1 Å². The van der Waals surface area contributed by atoms with Crippen LogP contribution in [0.2, 0.25) is 0 Å². The van der Waals surface area contributed by atoms with E-state index >= 15 is 0 Å². The standard InChI is InChI=1S/C23H30N4O5S/c1-2-3-4-5-12-26-14-19(33(24,31)32)21(28)27(23(26)30)22(29)25-20-17-10-6-8-15(17)13-16-9-7-11-18(16)20/h13-14H,2-12H2,1H3,(H,25,29)(H2,24,31,32). The molecule has 4 rings (SSSR count). The van der Waals surface area contributed by atoms with E-state index in [2.05, 4.69) is 11.4 Å². The molecule has 0 fully saturated rings. The average molecular weight is 475 g/mol. The van der Waals surface area contributed by atoms with Crippen molar-refractivity contribution < 1.29 is 13.2 Å². The van der Waals surface area contributed by atoms with Gasteiger partial charge in [0.1, 0.15) is 0 Å². The lowest BCUT2D eigenvalue weighted by molar-refractivity contribution is 0.250. The van der Waals surface area contributed by atoms with Crippen LogP contribution in [0.1, 0.15) is 67.7 Å². The molecule has 1 heterocycles. The molecule has 2 aliphatic rings. The Morgan fingerprint density at radius 2 is 1.67 bits per heavy atom. The maximum absolute atomic E-state index is 13.3. The summed E-state index contributed by atoms with van der Waals surface area (Å²) in [4.78, 5) is 38.5. The Morgan fingerprint density at radius 3 is 2.24 bits per heavy atom. The van der Waals surface area contributed by atoms with Gasteiger partial charge in [0.15, 0.2) is 4.90 Å². The molecule has 0 radical (unpaired) electrons. The first kappa shape index (κ1) is 23.4. The highest BCUT2D eigenvalue weighted by Crippen LogP contribution is 2.38. The average Bonchev–Trinajstić information content (AvgIpc) is 3.41. The molecule has 3 N–H and O–H groups in total. The number of hydrogen-bond donors (Lipinski definition) is 2. The Labute approximate surface area is 192 Å². The molecule has 1 amide bonds. The number of aromatic nitrogens is 2. The summed E-state index contributed by atoms with van der Waals surface area (Å²) in [6, 6.07) is 1.25. The van der Waals surface area contributed by atoms with Gasteiger partial charge in [0.05, 0.1) is 0 Å². The van der Waals surface area contributed by atoms with Crippen molar-refractivity contribution in [3.8, 4) is 0 Å². The molecule has 0 saturated carbocycles. The third kappa shape index (κ3) is 4.54. The lowest BCUT2D eigenvalue weighted by Crippen LogP contribution is -2.48. The fourth-order valence-corrected chi connectivity index (χ4v) is 5.56. The van der Waals surface area contributed by atoms with Gasteiger partial charge in [0.25, 0.3) is 5.56 Å². The Morgan fingerprint density at radius 1 is 1.03 bits per heavy atom. The lowest BCUT2D eigenvalue weighted by atomic mass is 9.99. The molecule has 0 unspecified atom stereocenters. The minimum absolute atomic E-state index is 0.186. The number of nitrogens with two attached hydrogens (primary N) is 1. The Bertz CT molecular complexity index is 1290. The molecular formula is C23H30N4O5S. The molecule has 0 saturated heterocycles. The number of carbonyl (C=O) groups is 1. The van der Waals surface area contributed by atoms with Crippen molar-refractivity contribution in [2.75, 3.05) is 5.32 Å². The van der Waals surface area contributed by atoms with Crippen LogP contribution in [0.3, 0.4) is 0 Å². The first-order chi connectivity index (χ1) is 15.7. The Hall–Kier alpha value is -2.72. The monoisotopic (exact) mass is 474 g/mol. The number of sulfonamides is 1. The van der Waals surface area contributed by atoms with Crippen LogP contribution in [0.5, 0.6) is 0 Å². The normalized spacial score (nSPS) is 14.8. The van der Waals surface area contributed by atoms with E-state index in [9.17, 15) is 22.8 Å². The van der Waals surface area contributed by atoms with E-state index in [0.29, 0.717) is 16.7 Å². The summed E-state index contributed by atoms with van der Waals surface area (Å²) in [6.45, 7) is 2.23. The zero-order valence-corrected chi connectivity index (χ0v) is 19.7. The summed E-state index contributed by atoms with van der Waals surface area (Å²) < 4.78 is 25.6. The van der Waals surface area contributed by atoms with Gasteiger partial charge in [0.2, 0.25) is 10.0 Å². The first-order valence-corrected chi connectivity index (χ1v) is 13.1. The van der Waals surface area contributed by atoms with Crippen molar-refractivity contribution in [3.63, 3.8) is 0 Å². The molecule has 9 nitrogen and oxygen atoms in total. The van der Waals surface area contributed by atoms with Crippen molar-refractivity contribution in [2.45, 2.75) is 82.6 Å². The smallest absolute Gasteiger partial charge is 0.306 e. The van der Waals surface area contributed by atoms with Crippen molar-refractivity contribution in [3.05, 3.63) is 55.4 Å². The minimum Gasteiger partial charge on any atom is -0.306 e. The van der Waals surface area contributed by atoms with E-state index in [1.807, 2.05) is 6.92 Å². The van der Waals surface area contributed by atoms with Crippen molar-refractivity contribution in [1.82, 2.24) is 9.13 Å². The summed E-state index contributed by atoms with van der Waals surface area (Å²) in [5, 5.41) is 8.03. The summed E-state index contributed by atoms with van der Waals surface area (Å²) in [7, 11) is -4.43. The number of rotatable bonds is 7. The molecule has 178 valence electrons. The van der Waals surface area contributed by atoms with Crippen LogP contribution >= 0.6 is 0 Å². The largest absolute Gasteiger partial charge is 0.339 e. The zero-order chi connectivity index (χ0) is 23.8. The molecule has 0 aliphatic heterocycles. The van der Waals surface area contributed by atoms with Crippen molar-refractivity contribution >= 4 is 21.7 Å². The van der Waals surface area contributed by atoms with E-state index in [0.717, 1.165) is 79.7 Å². The van der Waals surface area contributed by atoms with Crippen molar-refractivity contribution in [1.29, 1.82) is 0 Å². The molecule has 33 heavy (non-hydrogen) atoms. The number of nitrogens with one attached hydrogen (secondary N) is 1. The minimum atomic E-state index is -4.43. The van der Waals surface area contributed by atoms with Gasteiger partial charge in [-0.3, -0.25) is 9.36 Å². The molecular weight excluding hydrogens is 444 g/mol. The van der Waals surface area contributed by atoms with Crippen LogP contribution in [-0.4, -0.2) is 23.6 Å². The zero-order valence-electron chi connectivity index (χ0n) is 18.9. The second-order valence-corrected chi connectivity index (χ2v) is 10.4. The number of hydrogen-bond acceptors (Lipinski definition) is 5. The summed E-state index contributed by atoms with van der Waals surface area (Å²) in [5.41, 5.74) is 3.03. The van der Waals surface area contributed by atoms with Crippen LogP contribution in [0.25, 0.3) is 0 Å². The fourth-order valence-electron chi connectivity index (χ4n) is 4.95. The van der Waals surface area contributed by atoms with Crippen LogP contribution in [0, 0.1) is 0 Å². The Kier molecular flexibility index (Phi) is 6.58. The molecule has 10 heteroatoms. The van der Waals surface area contributed by atoms with E-state index in [1.54, 1.807) is 0 Å². The number of benzene rings is 1. The maximum atomic E-state index is 13.3. The predicted octanol–water partition coefficient (Wildman–Crippen LogP) is 2.30. The third-order valence-corrected chi connectivity index (χ3v) is 7.48. The fraction of sp³-hybridized carbons (Fsp3) is 0.522. The lowest BCUT2D eigenvalue weighted by Gasteiger charge is -2.17. The number of fused-ring (bicyclic) bond motifs is 2. The third-order valence-electron chi connectivity index (χ3n) is 6.59. The van der Waals surface area contributed by atoms with Crippen LogP contribution in [0.15, 0.2) is 26.7 Å².